The third kappa shape index (κ3) is 3.12. The molecule has 88 valence electrons. The predicted octanol–water partition coefficient (Wildman–Crippen LogP) is 3.11. The number of aryl methyl sites for hydroxylation is 1. The van der Waals surface area contributed by atoms with Gasteiger partial charge in [0.25, 0.3) is 5.88 Å². The van der Waals surface area contributed by atoms with Gasteiger partial charge in [-0.1, -0.05) is 0 Å². The number of ether oxygens (including phenoxy) is 2. The highest BCUT2D eigenvalue weighted by atomic mass is 16.5. The molecular formula is C13H19NO2. The van der Waals surface area contributed by atoms with Crippen LogP contribution in [0, 0.1) is 6.92 Å². The summed E-state index contributed by atoms with van der Waals surface area (Å²) < 4.78 is 11.6. The minimum absolute atomic E-state index is 0.246. The number of pyridine rings is 1. The highest BCUT2D eigenvalue weighted by Gasteiger charge is 2.26. The number of nitrogens with zero attached hydrogens (tertiary/aromatic N) is 1. The summed E-state index contributed by atoms with van der Waals surface area (Å²) in [5, 5.41) is 0. The van der Waals surface area contributed by atoms with Crippen LogP contribution in [0.25, 0.3) is 0 Å². The standard InChI is InChI=1S/C13H19NO2/c1-9-7-11(15-10-5-6-10)12(14-8-9)16-13(2,3)4/h7-8,10H,5-6H2,1-4H3. The zero-order chi connectivity index (χ0) is 11.8. The Kier molecular flexibility index (Phi) is 2.78. The maximum atomic E-state index is 5.80. The first-order valence-electron chi connectivity index (χ1n) is 5.76. The van der Waals surface area contributed by atoms with Crippen molar-refractivity contribution in [2.75, 3.05) is 0 Å². The fourth-order valence-electron chi connectivity index (χ4n) is 1.35. The minimum atomic E-state index is -0.246. The summed E-state index contributed by atoms with van der Waals surface area (Å²) >= 11 is 0. The zero-order valence-corrected chi connectivity index (χ0v) is 10.4. The van der Waals surface area contributed by atoms with Gasteiger partial charge in [-0.3, -0.25) is 0 Å². The highest BCUT2D eigenvalue weighted by molar-refractivity contribution is 5.36. The van der Waals surface area contributed by atoms with Crippen molar-refractivity contribution in [1.82, 2.24) is 4.98 Å². The predicted molar refractivity (Wildman–Crippen MR) is 63.0 cm³/mol. The molecule has 1 saturated carbocycles. The van der Waals surface area contributed by atoms with Crippen molar-refractivity contribution in [3.63, 3.8) is 0 Å². The molecule has 2 rings (SSSR count). The van der Waals surface area contributed by atoms with E-state index in [2.05, 4.69) is 4.98 Å². The van der Waals surface area contributed by atoms with Gasteiger partial charge in [-0.2, -0.15) is 0 Å². The van der Waals surface area contributed by atoms with Gasteiger partial charge in [0.1, 0.15) is 5.60 Å². The Morgan fingerprint density at radius 2 is 2.00 bits per heavy atom. The van der Waals surface area contributed by atoms with Crippen LogP contribution in [-0.2, 0) is 0 Å². The first kappa shape index (κ1) is 11.2. The van der Waals surface area contributed by atoms with Crippen molar-refractivity contribution >= 4 is 0 Å². The molecule has 0 amide bonds. The lowest BCUT2D eigenvalue weighted by Crippen LogP contribution is -2.24. The smallest absolute Gasteiger partial charge is 0.257 e. The minimum Gasteiger partial charge on any atom is -0.485 e. The lowest BCUT2D eigenvalue weighted by atomic mass is 10.2. The average Bonchev–Trinajstić information content (AvgIpc) is 2.91. The van der Waals surface area contributed by atoms with Gasteiger partial charge in [-0.15, -0.1) is 0 Å². The number of rotatable bonds is 3. The maximum Gasteiger partial charge on any atom is 0.257 e. The second-order valence-electron chi connectivity index (χ2n) is 5.35. The van der Waals surface area contributed by atoms with E-state index in [0.29, 0.717) is 12.0 Å². The van der Waals surface area contributed by atoms with Gasteiger partial charge in [0.2, 0.25) is 0 Å². The van der Waals surface area contributed by atoms with Crippen molar-refractivity contribution < 1.29 is 9.47 Å². The van der Waals surface area contributed by atoms with E-state index in [4.69, 9.17) is 9.47 Å². The Hall–Kier alpha value is -1.25. The van der Waals surface area contributed by atoms with Crippen LogP contribution in [0.5, 0.6) is 11.6 Å². The maximum absolute atomic E-state index is 5.80. The molecule has 0 saturated heterocycles. The summed E-state index contributed by atoms with van der Waals surface area (Å²) in [6.45, 7) is 8.04. The van der Waals surface area contributed by atoms with Crippen molar-refractivity contribution in [3.05, 3.63) is 17.8 Å². The van der Waals surface area contributed by atoms with Crippen molar-refractivity contribution in [1.29, 1.82) is 0 Å². The molecule has 0 bridgehead atoms. The van der Waals surface area contributed by atoms with Crippen LogP contribution in [0.4, 0.5) is 0 Å². The van der Waals surface area contributed by atoms with Crippen molar-refractivity contribution in [2.45, 2.75) is 52.2 Å². The van der Waals surface area contributed by atoms with E-state index in [1.54, 1.807) is 6.20 Å². The second-order valence-corrected chi connectivity index (χ2v) is 5.35. The molecule has 1 heterocycles. The van der Waals surface area contributed by atoms with Crippen LogP contribution in [0.1, 0.15) is 39.2 Å². The van der Waals surface area contributed by atoms with E-state index in [1.807, 2.05) is 33.8 Å². The largest absolute Gasteiger partial charge is 0.485 e. The molecule has 1 aliphatic carbocycles. The highest BCUT2D eigenvalue weighted by Crippen LogP contribution is 2.34. The molecule has 1 aromatic rings. The summed E-state index contributed by atoms with van der Waals surface area (Å²) in [5.41, 5.74) is 0.848. The molecule has 0 spiro atoms. The molecule has 3 nitrogen and oxygen atoms in total. The summed E-state index contributed by atoms with van der Waals surface area (Å²) in [4.78, 5) is 4.30. The summed E-state index contributed by atoms with van der Waals surface area (Å²) in [6.07, 6.45) is 4.46. The van der Waals surface area contributed by atoms with Crippen LogP contribution in [0.15, 0.2) is 12.3 Å². The van der Waals surface area contributed by atoms with Crippen LogP contribution >= 0.6 is 0 Å². The van der Waals surface area contributed by atoms with E-state index in [1.165, 1.54) is 0 Å². The molecule has 3 heteroatoms. The summed E-state index contributed by atoms with van der Waals surface area (Å²) in [5.74, 6) is 1.38. The van der Waals surface area contributed by atoms with Gasteiger partial charge in [-0.05, 0) is 52.2 Å². The molecular weight excluding hydrogens is 202 g/mol. The molecule has 1 fully saturated rings. The monoisotopic (exact) mass is 221 g/mol. The normalized spacial score (nSPS) is 16.0. The topological polar surface area (TPSA) is 31.4 Å². The fraction of sp³-hybridized carbons (Fsp3) is 0.615. The molecule has 16 heavy (non-hydrogen) atoms. The fourth-order valence-corrected chi connectivity index (χ4v) is 1.35. The lowest BCUT2D eigenvalue weighted by Gasteiger charge is -2.22. The Morgan fingerprint density at radius 1 is 1.31 bits per heavy atom. The molecule has 0 aromatic carbocycles. The van der Waals surface area contributed by atoms with Crippen molar-refractivity contribution in [2.24, 2.45) is 0 Å². The van der Waals surface area contributed by atoms with E-state index >= 15 is 0 Å². The Morgan fingerprint density at radius 3 is 2.56 bits per heavy atom. The molecule has 0 unspecified atom stereocenters. The molecule has 0 aliphatic heterocycles. The Bertz CT molecular complexity index is 378. The van der Waals surface area contributed by atoms with E-state index in [-0.39, 0.29) is 5.60 Å². The first-order chi connectivity index (χ1) is 7.44. The van der Waals surface area contributed by atoms with E-state index in [0.717, 1.165) is 24.2 Å². The second kappa shape index (κ2) is 3.96. The third-order valence-electron chi connectivity index (χ3n) is 2.18. The lowest BCUT2D eigenvalue weighted by molar-refractivity contribution is 0.115. The number of hydrogen-bond acceptors (Lipinski definition) is 3. The molecule has 0 N–H and O–H groups in total. The average molecular weight is 221 g/mol. The summed E-state index contributed by atoms with van der Waals surface area (Å²) in [6, 6.07) is 1.99. The first-order valence-corrected chi connectivity index (χ1v) is 5.76. The van der Waals surface area contributed by atoms with Gasteiger partial charge in [-0.25, -0.2) is 4.98 Å². The van der Waals surface area contributed by atoms with E-state index in [9.17, 15) is 0 Å². The van der Waals surface area contributed by atoms with Gasteiger partial charge in [0.15, 0.2) is 5.75 Å². The van der Waals surface area contributed by atoms with Crippen LogP contribution < -0.4 is 9.47 Å². The van der Waals surface area contributed by atoms with Gasteiger partial charge >= 0.3 is 0 Å². The quantitative estimate of drug-likeness (QED) is 0.786. The third-order valence-corrected chi connectivity index (χ3v) is 2.18. The molecule has 0 atom stereocenters. The number of aromatic nitrogens is 1. The van der Waals surface area contributed by atoms with Gasteiger partial charge in [0, 0.05) is 6.20 Å². The molecule has 1 aliphatic rings. The Labute approximate surface area is 96.8 Å². The SMILES string of the molecule is Cc1cnc(OC(C)(C)C)c(OC2CC2)c1. The Balaban J connectivity index is 2.20. The van der Waals surface area contributed by atoms with Crippen LogP contribution in [0.3, 0.4) is 0 Å². The zero-order valence-electron chi connectivity index (χ0n) is 10.4. The summed E-state index contributed by atoms with van der Waals surface area (Å²) in [7, 11) is 0. The van der Waals surface area contributed by atoms with Gasteiger partial charge in [0.05, 0.1) is 6.10 Å². The number of hydrogen-bond donors (Lipinski definition) is 0. The van der Waals surface area contributed by atoms with E-state index < -0.39 is 0 Å². The van der Waals surface area contributed by atoms with Crippen LogP contribution in [0.2, 0.25) is 0 Å². The van der Waals surface area contributed by atoms with Gasteiger partial charge < -0.3 is 9.47 Å². The van der Waals surface area contributed by atoms with Crippen LogP contribution in [-0.4, -0.2) is 16.7 Å². The molecule has 0 radical (unpaired) electrons. The van der Waals surface area contributed by atoms with Crippen molar-refractivity contribution in [3.8, 4) is 11.6 Å². The molecule has 1 aromatic heterocycles.